The molecule has 0 radical (unpaired) electrons. The Morgan fingerprint density at radius 1 is 0.552 bits per heavy atom. The van der Waals surface area contributed by atoms with Crippen LogP contribution in [-0.2, 0) is 29.9 Å². The van der Waals surface area contributed by atoms with E-state index in [2.05, 4.69) is 0 Å². The van der Waals surface area contributed by atoms with Crippen LogP contribution < -0.4 is 0 Å². The zero-order valence-electron chi connectivity index (χ0n) is 14.8. The number of aliphatic hydroxyl groups excluding tert-OH is 1. The highest BCUT2D eigenvalue weighted by atomic mass is 32.2. The van der Waals surface area contributed by atoms with Crippen molar-refractivity contribution in [2.75, 3.05) is 0 Å². The molecule has 152 valence electrons. The van der Waals surface area contributed by atoms with Gasteiger partial charge in [0.2, 0.25) is 0 Å². The maximum absolute atomic E-state index is 12.9. The van der Waals surface area contributed by atoms with E-state index >= 15 is 0 Å². The molecule has 0 fully saturated rings. The highest BCUT2D eigenvalue weighted by molar-refractivity contribution is 7.97. The first-order chi connectivity index (χ1) is 13.6. The molecule has 0 amide bonds. The standard InChI is InChI=1S/C21H15F6OS/c22-20(23,24)15-3-9-18(10-4-15)29(17-7-1-14(13-28)2-8-17)19-11-5-16(6-12-19)21(25,26)27/h1-12,28H,13H2/q+1. The molecule has 0 unspecified atom stereocenters. The molecule has 0 aliphatic rings. The summed E-state index contributed by atoms with van der Waals surface area (Å²) in [6, 6.07) is 16.0. The lowest BCUT2D eigenvalue weighted by atomic mass is 10.2. The summed E-state index contributed by atoms with van der Waals surface area (Å²) in [6.07, 6.45) is -8.96. The minimum atomic E-state index is -4.48. The van der Waals surface area contributed by atoms with Crippen LogP contribution in [0.2, 0.25) is 0 Å². The smallest absolute Gasteiger partial charge is 0.392 e. The van der Waals surface area contributed by atoms with E-state index in [1.165, 1.54) is 24.3 Å². The second-order valence-electron chi connectivity index (χ2n) is 6.15. The minimum Gasteiger partial charge on any atom is -0.392 e. The van der Waals surface area contributed by atoms with E-state index in [1.807, 2.05) is 0 Å². The molecule has 3 aromatic rings. The third kappa shape index (κ3) is 4.94. The first-order valence-corrected chi connectivity index (χ1v) is 9.60. The van der Waals surface area contributed by atoms with Crippen LogP contribution in [0, 0.1) is 0 Å². The largest absolute Gasteiger partial charge is 0.416 e. The summed E-state index contributed by atoms with van der Waals surface area (Å²) in [4.78, 5) is 1.78. The van der Waals surface area contributed by atoms with E-state index in [0.29, 0.717) is 20.2 Å². The number of benzene rings is 3. The predicted molar refractivity (Wildman–Crippen MR) is 97.4 cm³/mol. The van der Waals surface area contributed by atoms with Crippen molar-refractivity contribution in [3.63, 3.8) is 0 Å². The lowest BCUT2D eigenvalue weighted by Gasteiger charge is -2.11. The van der Waals surface area contributed by atoms with E-state index < -0.39 is 34.4 Å². The third-order valence-corrected chi connectivity index (χ3v) is 6.41. The van der Waals surface area contributed by atoms with Crippen LogP contribution in [0.15, 0.2) is 87.5 Å². The quantitative estimate of drug-likeness (QED) is 0.381. The number of hydrogen-bond donors (Lipinski definition) is 1. The van der Waals surface area contributed by atoms with E-state index in [-0.39, 0.29) is 6.61 Å². The molecule has 0 aliphatic heterocycles. The summed E-state index contributed by atoms with van der Waals surface area (Å²) >= 11 is 0. The van der Waals surface area contributed by atoms with Crippen molar-refractivity contribution in [1.82, 2.24) is 0 Å². The Kier molecular flexibility index (Phi) is 5.95. The lowest BCUT2D eigenvalue weighted by molar-refractivity contribution is -0.138. The average molecular weight is 429 g/mol. The van der Waals surface area contributed by atoms with Gasteiger partial charge in [-0.3, -0.25) is 0 Å². The summed E-state index contributed by atoms with van der Waals surface area (Å²) in [6.45, 7) is -0.172. The van der Waals surface area contributed by atoms with Gasteiger partial charge in [-0.1, -0.05) is 12.1 Å². The molecule has 0 aromatic heterocycles. The van der Waals surface area contributed by atoms with Crippen molar-refractivity contribution in [1.29, 1.82) is 0 Å². The summed E-state index contributed by atoms with van der Waals surface area (Å²) in [5.74, 6) is 0. The second kappa shape index (κ2) is 8.12. The van der Waals surface area contributed by atoms with Crippen molar-refractivity contribution in [3.05, 3.63) is 89.5 Å². The highest BCUT2D eigenvalue weighted by Gasteiger charge is 2.35. The number of alkyl halides is 6. The molecular weight excluding hydrogens is 414 g/mol. The number of hydrogen-bond acceptors (Lipinski definition) is 1. The van der Waals surface area contributed by atoms with E-state index in [4.69, 9.17) is 0 Å². The fourth-order valence-corrected chi connectivity index (χ4v) is 4.74. The zero-order chi connectivity index (χ0) is 21.2. The SMILES string of the molecule is OCc1ccc([S+](c2ccc(C(F)(F)F)cc2)c2ccc(C(F)(F)F)cc2)cc1. The molecular formula is C21H15F6OS+. The normalized spacial score (nSPS) is 12.4. The predicted octanol–water partition coefficient (Wildman–Crippen LogP) is 6.31. The van der Waals surface area contributed by atoms with Crippen LogP contribution in [0.25, 0.3) is 0 Å². The molecule has 0 heterocycles. The van der Waals surface area contributed by atoms with Crippen LogP contribution in [-0.4, -0.2) is 5.11 Å². The molecule has 0 bridgehead atoms. The molecule has 8 heteroatoms. The number of aliphatic hydroxyl groups is 1. The summed E-state index contributed by atoms with van der Waals surface area (Å²) in [7, 11) is -0.911. The second-order valence-corrected chi connectivity index (χ2v) is 8.18. The first-order valence-electron chi connectivity index (χ1n) is 8.38. The van der Waals surface area contributed by atoms with Gasteiger partial charge in [0.1, 0.15) is 0 Å². The fraction of sp³-hybridized carbons (Fsp3) is 0.143. The maximum Gasteiger partial charge on any atom is 0.416 e. The molecule has 0 atom stereocenters. The number of rotatable bonds is 4. The van der Waals surface area contributed by atoms with Crippen molar-refractivity contribution < 1.29 is 31.4 Å². The Balaban J connectivity index is 2.06. The average Bonchev–Trinajstić information content (AvgIpc) is 2.68. The molecule has 3 rings (SSSR count). The Hall–Kier alpha value is -2.45. The van der Waals surface area contributed by atoms with Crippen LogP contribution in [0.5, 0.6) is 0 Å². The summed E-state index contributed by atoms with van der Waals surface area (Å²) < 4.78 is 77.3. The Labute approximate surface area is 166 Å². The van der Waals surface area contributed by atoms with Crippen LogP contribution >= 0.6 is 0 Å². The van der Waals surface area contributed by atoms with Crippen LogP contribution in [0.1, 0.15) is 16.7 Å². The van der Waals surface area contributed by atoms with Crippen molar-refractivity contribution in [3.8, 4) is 0 Å². The fourth-order valence-electron chi connectivity index (χ4n) is 2.70. The summed E-state index contributed by atoms with van der Waals surface area (Å²) in [5, 5.41) is 9.20. The van der Waals surface area contributed by atoms with Gasteiger partial charge in [-0.25, -0.2) is 0 Å². The third-order valence-electron chi connectivity index (χ3n) is 4.18. The first kappa shape index (κ1) is 21.3. The monoisotopic (exact) mass is 429 g/mol. The molecule has 1 N–H and O–H groups in total. The molecule has 0 spiro atoms. The van der Waals surface area contributed by atoms with Crippen molar-refractivity contribution in [2.24, 2.45) is 0 Å². The van der Waals surface area contributed by atoms with E-state index in [0.717, 1.165) is 24.3 Å². The minimum absolute atomic E-state index is 0.172. The van der Waals surface area contributed by atoms with Gasteiger partial charge < -0.3 is 5.11 Å². The lowest BCUT2D eigenvalue weighted by Crippen LogP contribution is -2.09. The topological polar surface area (TPSA) is 20.2 Å². The van der Waals surface area contributed by atoms with Gasteiger partial charge in [0.05, 0.1) is 28.6 Å². The molecule has 0 saturated carbocycles. The molecule has 1 nitrogen and oxygen atoms in total. The van der Waals surface area contributed by atoms with Crippen molar-refractivity contribution >= 4 is 10.9 Å². The van der Waals surface area contributed by atoms with E-state index in [9.17, 15) is 31.4 Å². The van der Waals surface area contributed by atoms with Gasteiger partial charge in [0.25, 0.3) is 0 Å². The molecule has 0 aliphatic carbocycles. The van der Waals surface area contributed by atoms with Gasteiger partial charge in [-0.2, -0.15) is 26.3 Å². The van der Waals surface area contributed by atoms with Crippen LogP contribution in [0.3, 0.4) is 0 Å². The van der Waals surface area contributed by atoms with Gasteiger partial charge in [-0.15, -0.1) is 0 Å². The Morgan fingerprint density at radius 3 is 1.14 bits per heavy atom. The van der Waals surface area contributed by atoms with Gasteiger partial charge >= 0.3 is 12.4 Å². The zero-order valence-corrected chi connectivity index (χ0v) is 15.6. The van der Waals surface area contributed by atoms with Gasteiger partial charge in [-0.05, 0) is 66.2 Å². The Morgan fingerprint density at radius 2 is 0.862 bits per heavy atom. The van der Waals surface area contributed by atoms with Gasteiger partial charge in [0, 0.05) is 0 Å². The number of halogens is 6. The van der Waals surface area contributed by atoms with Crippen LogP contribution in [0.4, 0.5) is 26.3 Å². The van der Waals surface area contributed by atoms with E-state index in [1.54, 1.807) is 24.3 Å². The molecule has 0 saturated heterocycles. The van der Waals surface area contributed by atoms with Crippen molar-refractivity contribution in [2.45, 2.75) is 33.6 Å². The molecule has 3 aromatic carbocycles. The van der Waals surface area contributed by atoms with Gasteiger partial charge in [0.15, 0.2) is 14.7 Å². The highest BCUT2D eigenvalue weighted by Crippen LogP contribution is 2.36. The summed E-state index contributed by atoms with van der Waals surface area (Å²) in [5.41, 5.74) is -0.946. The molecule has 29 heavy (non-hydrogen) atoms. The Bertz CT molecular complexity index is 887. The maximum atomic E-state index is 12.9.